The third-order valence-corrected chi connectivity index (χ3v) is 3.17. The summed E-state index contributed by atoms with van der Waals surface area (Å²) in [6.45, 7) is 0. The van der Waals surface area contributed by atoms with Crippen LogP contribution in [-0.2, 0) is 12.6 Å². The van der Waals surface area contributed by atoms with Crippen LogP contribution in [0.15, 0.2) is 12.1 Å². The minimum absolute atomic E-state index is 0.0792. The van der Waals surface area contributed by atoms with E-state index in [0.717, 1.165) is 6.07 Å². The Balaban J connectivity index is 2.35. The first-order valence-corrected chi connectivity index (χ1v) is 5.40. The highest BCUT2D eigenvalue weighted by atomic mass is 35.5. The Morgan fingerprint density at radius 3 is 2.29 bits per heavy atom. The molecule has 0 atom stereocenters. The Morgan fingerprint density at radius 1 is 1.29 bits per heavy atom. The average molecular weight is 267 g/mol. The van der Waals surface area contributed by atoms with Crippen LogP contribution in [0.25, 0.3) is 0 Å². The van der Waals surface area contributed by atoms with Crippen molar-refractivity contribution in [3.05, 3.63) is 28.3 Å². The van der Waals surface area contributed by atoms with Crippen LogP contribution < -0.4 is 0 Å². The lowest BCUT2D eigenvalue weighted by Gasteiger charge is -2.14. The second-order valence-electron chi connectivity index (χ2n) is 4.35. The quantitative estimate of drug-likeness (QED) is 0.863. The van der Waals surface area contributed by atoms with E-state index < -0.39 is 23.1 Å². The SMILES string of the molecule is Oc1cc(C(F)(F)F)cc(Cl)c1CC1(O)CC1. The molecule has 0 unspecified atom stereocenters. The zero-order chi connectivity index (χ0) is 12.8. The van der Waals surface area contributed by atoms with Crippen molar-refractivity contribution in [3.8, 4) is 5.75 Å². The van der Waals surface area contributed by atoms with Crippen molar-refractivity contribution in [2.45, 2.75) is 31.0 Å². The summed E-state index contributed by atoms with van der Waals surface area (Å²) in [4.78, 5) is 0. The van der Waals surface area contributed by atoms with Crippen molar-refractivity contribution in [2.24, 2.45) is 0 Å². The van der Waals surface area contributed by atoms with Crippen LogP contribution >= 0.6 is 11.6 Å². The van der Waals surface area contributed by atoms with Gasteiger partial charge in [-0.2, -0.15) is 13.2 Å². The number of phenols is 1. The van der Waals surface area contributed by atoms with Gasteiger partial charge in [0, 0.05) is 17.0 Å². The number of aliphatic hydroxyl groups is 1. The Kier molecular flexibility index (Phi) is 2.78. The summed E-state index contributed by atoms with van der Waals surface area (Å²) in [5.41, 5.74) is -1.74. The van der Waals surface area contributed by atoms with Gasteiger partial charge < -0.3 is 10.2 Å². The molecule has 1 aromatic carbocycles. The lowest BCUT2D eigenvalue weighted by atomic mass is 10.0. The summed E-state index contributed by atoms with van der Waals surface area (Å²) in [6.07, 6.45) is -3.32. The molecule has 17 heavy (non-hydrogen) atoms. The van der Waals surface area contributed by atoms with E-state index in [2.05, 4.69) is 0 Å². The monoisotopic (exact) mass is 266 g/mol. The van der Waals surface area contributed by atoms with E-state index >= 15 is 0 Å². The fourth-order valence-corrected chi connectivity index (χ4v) is 1.89. The smallest absolute Gasteiger partial charge is 0.416 e. The maximum Gasteiger partial charge on any atom is 0.416 e. The summed E-state index contributed by atoms with van der Waals surface area (Å²) in [5.74, 6) is -0.523. The minimum atomic E-state index is -4.55. The number of halogens is 4. The van der Waals surface area contributed by atoms with E-state index in [1.807, 2.05) is 0 Å². The Labute approximate surface area is 101 Å². The van der Waals surface area contributed by atoms with Crippen molar-refractivity contribution in [1.29, 1.82) is 0 Å². The van der Waals surface area contributed by atoms with E-state index in [1.165, 1.54) is 0 Å². The number of hydrogen-bond acceptors (Lipinski definition) is 2. The Morgan fingerprint density at radius 2 is 1.88 bits per heavy atom. The van der Waals surface area contributed by atoms with Gasteiger partial charge in [0.15, 0.2) is 0 Å². The van der Waals surface area contributed by atoms with Gasteiger partial charge in [-0.3, -0.25) is 0 Å². The van der Waals surface area contributed by atoms with Crippen LogP contribution in [0.3, 0.4) is 0 Å². The molecule has 94 valence electrons. The van der Waals surface area contributed by atoms with Crippen molar-refractivity contribution in [1.82, 2.24) is 0 Å². The molecule has 1 aromatic rings. The van der Waals surface area contributed by atoms with Crippen LogP contribution in [0, 0.1) is 0 Å². The minimum Gasteiger partial charge on any atom is -0.508 e. The molecule has 2 nitrogen and oxygen atoms in total. The third kappa shape index (κ3) is 2.66. The standard InChI is InChI=1S/C11H10ClF3O2/c12-8-3-6(11(13,14)15)4-9(16)7(8)5-10(17)1-2-10/h3-4,16-17H,1-2,5H2. The van der Waals surface area contributed by atoms with Crippen molar-refractivity contribution in [3.63, 3.8) is 0 Å². The van der Waals surface area contributed by atoms with E-state index in [-0.39, 0.29) is 17.0 Å². The zero-order valence-corrected chi connectivity index (χ0v) is 9.44. The molecule has 0 heterocycles. The van der Waals surface area contributed by atoms with Crippen molar-refractivity contribution in [2.75, 3.05) is 0 Å². The second-order valence-corrected chi connectivity index (χ2v) is 4.76. The molecule has 0 aliphatic heterocycles. The summed E-state index contributed by atoms with van der Waals surface area (Å²) < 4.78 is 37.2. The first kappa shape index (κ1) is 12.5. The molecule has 0 radical (unpaired) electrons. The molecule has 2 N–H and O–H groups in total. The highest BCUT2D eigenvalue weighted by Crippen LogP contribution is 2.43. The van der Waals surface area contributed by atoms with Gasteiger partial charge in [0.1, 0.15) is 5.75 Å². The Hall–Kier alpha value is -0.940. The summed E-state index contributed by atoms with van der Waals surface area (Å²) in [7, 11) is 0. The fourth-order valence-electron chi connectivity index (χ4n) is 1.61. The molecule has 1 saturated carbocycles. The Bertz CT molecular complexity index is 430. The van der Waals surface area contributed by atoms with E-state index in [0.29, 0.717) is 18.9 Å². The van der Waals surface area contributed by atoms with Gasteiger partial charge in [-0.05, 0) is 25.0 Å². The van der Waals surface area contributed by atoms with Crippen LogP contribution in [0.5, 0.6) is 5.75 Å². The molecule has 1 fully saturated rings. The number of hydrogen-bond donors (Lipinski definition) is 2. The maximum atomic E-state index is 12.4. The molecule has 0 bridgehead atoms. The van der Waals surface area contributed by atoms with E-state index in [1.54, 1.807) is 0 Å². The summed E-state index contributed by atoms with van der Waals surface area (Å²) in [5, 5.41) is 19.0. The summed E-state index contributed by atoms with van der Waals surface area (Å²) >= 11 is 5.70. The molecule has 0 amide bonds. The number of rotatable bonds is 2. The molecule has 2 rings (SSSR count). The predicted molar refractivity (Wildman–Crippen MR) is 56.0 cm³/mol. The van der Waals surface area contributed by atoms with Crippen LogP contribution in [-0.4, -0.2) is 15.8 Å². The van der Waals surface area contributed by atoms with Gasteiger partial charge in [-0.1, -0.05) is 11.6 Å². The van der Waals surface area contributed by atoms with Gasteiger partial charge in [0.25, 0.3) is 0 Å². The molecular formula is C11H10ClF3O2. The number of aromatic hydroxyl groups is 1. The molecule has 0 saturated heterocycles. The van der Waals surface area contributed by atoms with E-state index in [9.17, 15) is 23.4 Å². The molecular weight excluding hydrogens is 257 g/mol. The molecule has 1 aliphatic carbocycles. The van der Waals surface area contributed by atoms with Gasteiger partial charge in [-0.25, -0.2) is 0 Å². The topological polar surface area (TPSA) is 40.5 Å². The molecule has 6 heteroatoms. The van der Waals surface area contributed by atoms with Crippen LogP contribution in [0.2, 0.25) is 5.02 Å². The van der Waals surface area contributed by atoms with Crippen molar-refractivity contribution < 1.29 is 23.4 Å². The largest absolute Gasteiger partial charge is 0.508 e. The second kappa shape index (κ2) is 3.78. The van der Waals surface area contributed by atoms with Crippen molar-refractivity contribution >= 4 is 11.6 Å². The molecule has 0 spiro atoms. The molecule has 0 aromatic heterocycles. The van der Waals surface area contributed by atoms with Crippen LogP contribution in [0.4, 0.5) is 13.2 Å². The first-order chi connectivity index (χ1) is 7.71. The number of phenolic OH excluding ortho intramolecular Hbond substituents is 1. The maximum absolute atomic E-state index is 12.4. The normalized spacial score (nSPS) is 18.2. The highest BCUT2D eigenvalue weighted by molar-refractivity contribution is 6.31. The lowest BCUT2D eigenvalue weighted by molar-refractivity contribution is -0.137. The third-order valence-electron chi connectivity index (χ3n) is 2.83. The average Bonchev–Trinajstić information content (AvgIpc) is 2.89. The fraction of sp³-hybridized carbons (Fsp3) is 0.455. The van der Waals surface area contributed by atoms with E-state index in [4.69, 9.17) is 11.6 Å². The highest BCUT2D eigenvalue weighted by Gasteiger charge is 2.42. The van der Waals surface area contributed by atoms with Gasteiger partial charge in [-0.15, -0.1) is 0 Å². The predicted octanol–water partition coefficient (Wildman–Crippen LogP) is 3.13. The van der Waals surface area contributed by atoms with Gasteiger partial charge >= 0.3 is 6.18 Å². The molecule has 1 aliphatic rings. The number of alkyl halides is 3. The van der Waals surface area contributed by atoms with Crippen LogP contribution in [0.1, 0.15) is 24.0 Å². The first-order valence-electron chi connectivity index (χ1n) is 5.02. The lowest BCUT2D eigenvalue weighted by Crippen LogP contribution is -2.12. The zero-order valence-electron chi connectivity index (χ0n) is 8.68. The van der Waals surface area contributed by atoms with Gasteiger partial charge in [0.2, 0.25) is 0 Å². The van der Waals surface area contributed by atoms with Gasteiger partial charge in [0.05, 0.1) is 11.2 Å². The number of benzene rings is 1. The summed E-state index contributed by atoms with van der Waals surface area (Å²) in [6, 6.07) is 1.40.